The maximum Gasteiger partial charge on any atom is 0.0455 e. The molecule has 0 aliphatic rings. The van der Waals surface area contributed by atoms with E-state index in [1.165, 1.54) is 38.2 Å². The lowest BCUT2D eigenvalue weighted by Crippen LogP contribution is -2.08. The van der Waals surface area contributed by atoms with E-state index in [0.29, 0.717) is 0 Å². The number of rotatable bonds is 8. The van der Waals surface area contributed by atoms with Crippen molar-refractivity contribution in [2.45, 2.75) is 12.3 Å². The highest BCUT2D eigenvalue weighted by atomic mass is 15.1. The molecular formula is C38H31N. The van der Waals surface area contributed by atoms with E-state index in [-0.39, 0.29) is 5.92 Å². The van der Waals surface area contributed by atoms with Gasteiger partial charge >= 0.3 is 0 Å². The van der Waals surface area contributed by atoms with Crippen LogP contribution in [-0.4, -0.2) is 0 Å². The molecule has 1 unspecified atom stereocenters. The Morgan fingerprint density at radius 3 is 1.74 bits per heavy atom. The number of hydrogen-bond acceptors (Lipinski definition) is 1. The number of benzene rings is 6. The van der Waals surface area contributed by atoms with Crippen LogP contribution in [0.4, 0.5) is 11.4 Å². The summed E-state index contributed by atoms with van der Waals surface area (Å²) in [6.45, 7) is 4.09. The summed E-state index contributed by atoms with van der Waals surface area (Å²) >= 11 is 0. The van der Waals surface area contributed by atoms with Gasteiger partial charge in [-0.2, -0.15) is 0 Å². The lowest BCUT2D eigenvalue weighted by molar-refractivity contribution is 0.863. The summed E-state index contributed by atoms with van der Waals surface area (Å²) in [7, 11) is 0. The van der Waals surface area contributed by atoms with E-state index in [9.17, 15) is 0 Å². The van der Waals surface area contributed by atoms with Crippen molar-refractivity contribution in [2.24, 2.45) is 0 Å². The first-order chi connectivity index (χ1) is 19.3. The fourth-order valence-electron chi connectivity index (χ4n) is 5.40. The van der Waals surface area contributed by atoms with Crippen molar-refractivity contribution in [2.75, 3.05) is 4.90 Å². The highest BCUT2D eigenvalue weighted by Gasteiger charge is 2.12. The van der Waals surface area contributed by atoms with Gasteiger partial charge in [0.1, 0.15) is 0 Å². The van der Waals surface area contributed by atoms with Crippen molar-refractivity contribution in [3.05, 3.63) is 170 Å². The summed E-state index contributed by atoms with van der Waals surface area (Å²) in [6.07, 6.45) is 7.36. The molecule has 0 heterocycles. The van der Waals surface area contributed by atoms with Crippen molar-refractivity contribution in [3.63, 3.8) is 0 Å². The van der Waals surface area contributed by atoms with E-state index in [1.54, 1.807) is 0 Å². The van der Waals surface area contributed by atoms with Crippen LogP contribution >= 0.6 is 0 Å². The Morgan fingerprint density at radius 2 is 1.13 bits per heavy atom. The van der Waals surface area contributed by atoms with Gasteiger partial charge < -0.3 is 4.90 Å². The monoisotopic (exact) mass is 501 g/mol. The molecule has 0 saturated carbocycles. The minimum atomic E-state index is 0.280. The molecule has 0 saturated heterocycles. The number of hydrogen-bond donors (Lipinski definition) is 0. The molecule has 6 aromatic carbocycles. The van der Waals surface area contributed by atoms with Crippen LogP contribution in [0.5, 0.6) is 0 Å². The lowest BCUT2D eigenvalue weighted by Gasteiger charge is -2.22. The van der Waals surface area contributed by atoms with Gasteiger partial charge in [0.2, 0.25) is 0 Å². The van der Waals surface area contributed by atoms with Crippen LogP contribution in [-0.2, 0) is 0 Å². The molecule has 0 amide bonds. The van der Waals surface area contributed by atoms with Gasteiger partial charge in [0, 0.05) is 23.5 Å². The molecule has 6 rings (SSSR count). The summed E-state index contributed by atoms with van der Waals surface area (Å²) in [5.41, 5.74) is 6.05. The molecule has 0 spiro atoms. The first-order valence-corrected chi connectivity index (χ1v) is 13.5. The average Bonchev–Trinajstić information content (AvgIpc) is 3.01. The fourth-order valence-corrected chi connectivity index (χ4v) is 5.40. The molecule has 0 aliphatic carbocycles. The molecule has 0 bridgehead atoms. The SMILES string of the molecule is C=CC(C/C=C/N(c1ccccc1)c1ccc(-c2c3ccccc3cc3ccccc23)cc1)c1ccccc1. The predicted octanol–water partition coefficient (Wildman–Crippen LogP) is 10.7. The van der Waals surface area contributed by atoms with E-state index in [1.807, 2.05) is 6.08 Å². The highest BCUT2D eigenvalue weighted by Crippen LogP contribution is 2.37. The second kappa shape index (κ2) is 11.2. The maximum absolute atomic E-state index is 4.09. The molecule has 1 nitrogen and oxygen atoms in total. The Hall–Kier alpha value is -4.88. The lowest BCUT2D eigenvalue weighted by atomic mass is 9.92. The highest BCUT2D eigenvalue weighted by molar-refractivity contribution is 6.12. The van der Waals surface area contributed by atoms with Crippen molar-refractivity contribution in [1.82, 2.24) is 0 Å². The quantitative estimate of drug-likeness (QED) is 0.148. The molecule has 39 heavy (non-hydrogen) atoms. The van der Waals surface area contributed by atoms with E-state index >= 15 is 0 Å². The minimum Gasteiger partial charge on any atom is -0.318 e. The Kier molecular flexibility index (Phi) is 7.05. The number of para-hydroxylation sites is 1. The third kappa shape index (κ3) is 5.12. The van der Waals surface area contributed by atoms with Crippen LogP contribution in [0.2, 0.25) is 0 Å². The second-order valence-corrected chi connectivity index (χ2v) is 9.82. The standard InChI is InChI=1S/C38H31N/c1-2-29(30-14-5-3-6-15-30)18-13-27-39(34-19-7-4-8-20-34)35-25-23-31(24-26-35)38-36-21-11-9-16-32(36)28-33-17-10-12-22-37(33)38/h2-17,19-29H,1,18H2/b27-13+. The summed E-state index contributed by atoms with van der Waals surface area (Å²) in [5.74, 6) is 0.280. The van der Waals surface area contributed by atoms with Gasteiger partial charge in [-0.3, -0.25) is 0 Å². The molecule has 1 heteroatoms. The largest absolute Gasteiger partial charge is 0.318 e. The number of allylic oxidation sites excluding steroid dienone is 2. The first kappa shape index (κ1) is 24.5. The van der Waals surface area contributed by atoms with E-state index in [4.69, 9.17) is 0 Å². The minimum absolute atomic E-state index is 0.280. The van der Waals surface area contributed by atoms with Crippen LogP contribution in [0.1, 0.15) is 17.9 Å². The molecule has 0 N–H and O–H groups in total. The molecule has 0 aliphatic heterocycles. The van der Waals surface area contributed by atoms with Gasteiger partial charge in [0.25, 0.3) is 0 Å². The van der Waals surface area contributed by atoms with E-state index < -0.39 is 0 Å². The Labute approximate surface area is 231 Å². The number of nitrogens with zero attached hydrogens (tertiary/aromatic N) is 1. The molecule has 188 valence electrons. The fraction of sp³-hybridized carbons (Fsp3) is 0.0526. The molecule has 0 aromatic heterocycles. The molecule has 0 fully saturated rings. The zero-order valence-electron chi connectivity index (χ0n) is 21.9. The van der Waals surface area contributed by atoms with Gasteiger partial charge in [0.05, 0.1) is 0 Å². The summed E-state index contributed by atoms with van der Waals surface area (Å²) in [5, 5.41) is 5.08. The van der Waals surface area contributed by atoms with Crippen molar-refractivity contribution in [1.29, 1.82) is 0 Å². The van der Waals surface area contributed by atoms with Crippen LogP contribution < -0.4 is 4.90 Å². The zero-order valence-corrected chi connectivity index (χ0v) is 21.9. The van der Waals surface area contributed by atoms with Crippen LogP contribution in [0.3, 0.4) is 0 Å². The van der Waals surface area contributed by atoms with E-state index in [0.717, 1.165) is 17.8 Å². The topological polar surface area (TPSA) is 3.24 Å². The van der Waals surface area contributed by atoms with Gasteiger partial charge in [-0.25, -0.2) is 0 Å². The molecule has 6 aromatic rings. The smallest absolute Gasteiger partial charge is 0.0455 e. The Bertz CT molecular complexity index is 1680. The van der Waals surface area contributed by atoms with Crippen LogP contribution in [0.15, 0.2) is 164 Å². The predicted molar refractivity (Wildman–Crippen MR) is 169 cm³/mol. The molecule has 1 atom stereocenters. The van der Waals surface area contributed by atoms with Gasteiger partial charge in [-0.1, -0.05) is 121 Å². The normalized spacial score (nSPS) is 12.1. The third-order valence-electron chi connectivity index (χ3n) is 7.40. The van der Waals surface area contributed by atoms with E-state index in [2.05, 4.69) is 163 Å². The Morgan fingerprint density at radius 1 is 0.590 bits per heavy atom. The summed E-state index contributed by atoms with van der Waals surface area (Å²) in [4.78, 5) is 2.26. The Balaban J connectivity index is 1.36. The third-order valence-corrected chi connectivity index (χ3v) is 7.40. The van der Waals surface area contributed by atoms with Gasteiger partial charge in [-0.15, -0.1) is 6.58 Å². The average molecular weight is 502 g/mol. The van der Waals surface area contributed by atoms with Crippen molar-refractivity contribution < 1.29 is 0 Å². The molecule has 0 radical (unpaired) electrons. The van der Waals surface area contributed by atoms with Gasteiger partial charge in [-0.05, 0) is 75.0 Å². The van der Waals surface area contributed by atoms with Crippen LogP contribution in [0, 0.1) is 0 Å². The first-order valence-electron chi connectivity index (χ1n) is 13.5. The number of anilines is 2. The van der Waals surface area contributed by atoms with Crippen molar-refractivity contribution in [3.8, 4) is 11.1 Å². The van der Waals surface area contributed by atoms with Crippen molar-refractivity contribution >= 4 is 32.9 Å². The van der Waals surface area contributed by atoms with Gasteiger partial charge in [0.15, 0.2) is 0 Å². The second-order valence-electron chi connectivity index (χ2n) is 9.82. The zero-order chi connectivity index (χ0) is 26.4. The van der Waals surface area contributed by atoms with Crippen LogP contribution in [0.25, 0.3) is 32.7 Å². The molecular weight excluding hydrogens is 470 g/mol. The maximum atomic E-state index is 4.09. The number of fused-ring (bicyclic) bond motifs is 2. The summed E-state index contributed by atoms with van der Waals surface area (Å²) in [6, 6.07) is 49.7. The summed E-state index contributed by atoms with van der Waals surface area (Å²) < 4.78 is 0.